The number of allylic oxidation sites excluding steroid dienone is 7. The molecular formula is C20H30O3. The number of carboxylic acids is 1. The largest absolute Gasteiger partial charge is 0.481 e. The van der Waals surface area contributed by atoms with Gasteiger partial charge >= 0.3 is 5.97 Å². The van der Waals surface area contributed by atoms with Crippen molar-refractivity contribution in [2.75, 3.05) is 0 Å². The molecular weight excluding hydrogens is 288 g/mol. The molecule has 0 aromatic rings. The lowest BCUT2D eigenvalue weighted by Gasteiger charge is -1.89. The minimum absolute atomic E-state index is 0.255. The molecule has 0 radical (unpaired) electrons. The molecule has 3 nitrogen and oxygen atoms in total. The predicted octanol–water partition coefficient (Wildman–Crippen LogP) is 5.90. The summed E-state index contributed by atoms with van der Waals surface area (Å²) in [5.41, 5.74) is 0. The number of hydrogen-bond donors (Lipinski definition) is 1. The molecule has 1 aliphatic rings. The van der Waals surface area contributed by atoms with E-state index in [0.717, 1.165) is 38.5 Å². The van der Waals surface area contributed by atoms with Crippen LogP contribution in [0.15, 0.2) is 48.0 Å². The van der Waals surface area contributed by atoms with Crippen molar-refractivity contribution in [1.82, 2.24) is 0 Å². The fourth-order valence-corrected chi connectivity index (χ4v) is 2.23. The molecule has 0 aliphatic carbocycles. The zero-order chi connectivity index (χ0) is 16.8. The summed E-state index contributed by atoms with van der Waals surface area (Å²) >= 11 is 0. The van der Waals surface area contributed by atoms with Crippen molar-refractivity contribution in [2.45, 2.75) is 71.1 Å². The van der Waals surface area contributed by atoms with Gasteiger partial charge in [0.2, 0.25) is 0 Å². The first kappa shape index (κ1) is 19.3. The van der Waals surface area contributed by atoms with Crippen LogP contribution in [0, 0.1) is 0 Å². The monoisotopic (exact) mass is 318 g/mol. The van der Waals surface area contributed by atoms with Crippen LogP contribution in [-0.2, 0) is 9.53 Å². The molecule has 0 saturated heterocycles. The first-order valence-corrected chi connectivity index (χ1v) is 8.80. The molecule has 1 heterocycles. The lowest BCUT2D eigenvalue weighted by atomic mass is 10.2. The molecule has 0 aromatic carbocycles. The molecule has 0 amide bonds. The van der Waals surface area contributed by atoms with Gasteiger partial charge in [0.1, 0.15) is 11.5 Å². The Kier molecular flexibility index (Phi) is 10.7. The third kappa shape index (κ3) is 11.5. The SMILES string of the molecule is CCCCCC1=C(CC=CCC=CCC=CCCCC(=O)O)O1. The van der Waals surface area contributed by atoms with Gasteiger partial charge in [0.25, 0.3) is 0 Å². The van der Waals surface area contributed by atoms with E-state index < -0.39 is 5.97 Å². The zero-order valence-corrected chi connectivity index (χ0v) is 14.3. The van der Waals surface area contributed by atoms with Crippen LogP contribution < -0.4 is 0 Å². The van der Waals surface area contributed by atoms with E-state index in [0.29, 0.717) is 0 Å². The van der Waals surface area contributed by atoms with E-state index in [-0.39, 0.29) is 6.42 Å². The van der Waals surface area contributed by atoms with Gasteiger partial charge in [0.05, 0.1) is 0 Å². The summed E-state index contributed by atoms with van der Waals surface area (Å²) in [6.07, 6.45) is 22.3. The number of carbonyl (C=O) groups is 1. The fourth-order valence-electron chi connectivity index (χ4n) is 2.23. The van der Waals surface area contributed by atoms with Gasteiger partial charge in [-0.15, -0.1) is 0 Å². The summed E-state index contributed by atoms with van der Waals surface area (Å²) in [6.45, 7) is 2.22. The quantitative estimate of drug-likeness (QED) is 0.320. The standard InChI is InChI=1S/C20H30O3/c1-2-3-12-15-18-19(23-18)16-13-10-8-6-4-5-7-9-11-14-17-20(21)22/h4,6-7,9-10,13H,2-3,5,8,11-12,14-17H2,1H3,(H,21,22). The van der Waals surface area contributed by atoms with Crippen molar-refractivity contribution in [2.24, 2.45) is 0 Å². The highest BCUT2D eigenvalue weighted by Gasteiger charge is 2.21. The summed E-state index contributed by atoms with van der Waals surface area (Å²) in [4.78, 5) is 10.3. The van der Waals surface area contributed by atoms with E-state index in [4.69, 9.17) is 9.84 Å². The summed E-state index contributed by atoms with van der Waals surface area (Å²) in [5, 5.41) is 8.51. The molecule has 3 heteroatoms. The van der Waals surface area contributed by atoms with Crippen LogP contribution in [0.2, 0.25) is 0 Å². The van der Waals surface area contributed by atoms with Crippen LogP contribution in [0.5, 0.6) is 0 Å². The van der Waals surface area contributed by atoms with Gasteiger partial charge in [-0.3, -0.25) is 4.79 Å². The molecule has 23 heavy (non-hydrogen) atoms. The van der Waals surface area contributed by atoms with Gasteiger partial charge in [0, 0.05) is 19.3 Å². The topological polar surface area (TPSA) is 49.8 Å². The average Bonchev–Trinajstić information content (AvgIpc) is 3.27. The predicted molar refractivity (Wildman–Crippen MR) is 95.0 cm³/mol. The smallest absolute Gasteiger partial charge is 0.303 e. The molecule has 0 bridgehead atoms. The first-order valence-electron chi connectivity index (χ1n) is 8.80. The number of unbranched alkanes of at least 4 members (excludes halogenated alkanes) is 3. The lowest BCUT2D eigenvalue weighted by molar-refractivity contribution is -0.137. The summed E-state index contributed by atoms with van der Waals surface area (Å²) in [5.74, 6) is 1.67. The Morgan fingerprint density at radius 1 is 0.957 bits per heavy atom. The second-order valence-electron chi connectivity index (χ2n) is 5.78. The lowest BCUT2D eigenvalue weighted by Crippen LogP contribution is -1.92. The van der Waals surface area contributed by atoms with Gasteiger partial charge in [0.15, 0.2) is 0 Å². The Hall–Kier alpha value is -1.77. The van der Waals surface area contributed by atoms with Crippen LogP contribution in [-0.4, -0.2) is 11.1 Å². The minimum Gasteiger partial charge on any atom is -0.481 e. The van der Waals surface area contributed by atoms with E-state index in [1.54, 1.807) is 0 Å². The Balaban J connectivity index is 1.96. The number of hydrogen-bond acceptors (Lipinski definition) is 2. The first-order chi connectivity index (χ1) is 11.2. The van der Waals surface area contributed by atoms with E-state index in [2.05, 4.69) is 43.4 Å². The third-order valence-electron chi connectivity index (χ3n) is 3.63. The second kappa shape index (κ2) is 12.7. The van der Waals surface area contributed by atoms with Crippen LogP contribution in [0.4, 0.5) is 0 Å². The number of aliphatic carboxylic acids is 1. The Bertz CT molecular complexity index is 456. The summed E-state index contributed by atoms with van der Waals surface area (Å²) in [6, 6.07) is 0. The second-order valence-corrected chi connectivity index (χ2v) is 5.78. The Morgan fingerprint density at radius 2 is 1.65 bits per heavy atom. The summed E-state index contributed by atoms with van der Waals surface area (Å²) < 4.78 is 5.49. The Labute approximate surface area is 140 Å². The molecule has 1 aliphatic heterocycles. The van der Waals surface area contributed by atoms with Crippen LogP contribution in [0.3, 0.4) is 0 Å². The number of carboxylic acid groups (broad SMARTS) is 1. The molecule has 0 atom stereocenters. The molecule has 0 saturated carbocycles. The molecule has 1 N–H and O–H groups in total. The van der Waals surface area contributed by atoms with Gasteiger partial charge in [-0.25, -0.2) is 0 Å². The van der Waals surface area contributed by atoms with Crippen LogP contribution in [0.25, 0.3) is 0 Å². The van der Waals surface area contributed by atoms with Crippen molar-refractivity contribution >= 4 is 5.97 Å². The van der Waals surface area contributed by atoms with Crippen molar-refractivity contribution < 1.29 is 14.6 Å². The molecule has 0 aromatic heterocycles. The molecule has 0 spiro atoms. The molecule has 1 rings (SSSR count). The van der Waals surface area contributed by atoms with Crippen LogP contribution >= 0.6 is 0 Å². The van der Waals surface area contributed by atoms with Gasteiger partial charge < -0.3 is 9.84 Å². The van der Waals surface area contributed by atoms with Gasteiger partial charge in [-0.05, 0) is 32.1 Å². The maximum Gasteiger partial charge on any atom is 0.303 e. The highest BCUT2D eigenvalue weighted by atomic mass is 16.6. The summed E-state index contributed by atoms with van der Waals surface area (Å²) in [7, 11) is 0. The average molecular weight is 318 g/mol. The molecule has 0 fully saturated rings. The molecule has 0 unspecified atom stereocenters. The van der Waals surface area contributed by atoms with Gasteiger partial charge in [-0.1, -0.05) is 56.2 Å². The van der Waals surface area contributed by atoms with E-state index >= 15 is 0 Å². The van der Waals surface area contributed by atoms with Crippen molar-refractivity contribution in [3.05, 3.63) is 48.0 Å². The third-order valence-corrected chi connectivity index (χ3v) is 3.63. The van der Waals surface area contributed by atoms with Crippen molar-refractivity contribution in [3.63, 3.8) is 0 Å². The maximum atomic E-state index is 10.3. The highest BCUT2D eigenvalue weighted by molar-refractivity contribution is 5.66. The fraction of sp³-hybridized carbons (Fsp3) is 0.550. The van der Waals surface area contributed by atoms with Crippen molar-refractivity contribution in [3.8, 4) is 0 Å². The van der Waals surface area contributed by atoms with E-state index in [1.165, 1.54) is 30.8 Å². The highest BCUT2D eigenvalue weighted by Crippen LogP contribution is 2.33. The number of ether oxygens (including phenoxy) is 1. The van der Waals surface area contributed by atoms with Crippen molar-refractivity contribution in [1.29, 1.82) is 0 Å². The minimum atomic E-state index is -0.717. The molecule has 128 valence electrons. The van der Waals surface area contributed by atoms with E-state index in [1.807, 2.05) is 0 Å². The Morgan fingerprint density at radius 3 is 2.35 bits per heavy atom. The van der Waals surface area contributed by atoms with Crippen LogP contribution in [0.1, 0.15) is 71.1 Å². The zero-order valence-electron chi connectivity index (χ0n) is 14.3. The maximum absolute atomic E-state index is 10.3. The normalized spacial score (nSPS) is 14.3. The number of rotatable bonds is 14. The van der Waals surface area contributed by atoms with E-state index in [9.17, 15) is 4.79 Å². The van der Waals surface area contributed by atoms with Gasteiger partial charge in [-0.2, -0.15) is 0 Å².